The highest BCUT2D eigenvalue weighted by atomic mass is 32.1. The van der Waals surface area contributed by atoms with Crippen molar-refractivity contribution in [2.75, 3.05) is 20.8 Å². The number of allylic oxidation sites excluding steroid dienone is 1. The van der Waals surface area contributed by atoms with Gasteiger partial charge in [-0.15, -0.1) is 11.3 Å². The van der Waals surface area contributed by atoms with E-state index < -0.39 is 12.0 Å². The Morgan fingerprint density at radius 1 is 1.24 bits per heavy atom. The molecule has 1 aliphatic heterocycles. The second-order valence-corrected chi connectivity index (χ2v) is 9.06. The smallest absolute Gasteiger partial charge is 0.338 e. The van der Waals surface area contributed by atoms with Crippen LogP contribution in [0.25, 0.3) is 6.08 Å². The predicted octanol–water partition coefficient (Wildman–Crippen LogP) is 3.04. The molecule has 33 heavy (non-hydrogen) atoms. The van der Waals surface area contributed by atoms with Gasteiger partial charge in [0, 0.05) is 10.4 Å². The minimum atomic E-state index is -0.618. The summed E-state index contributed by atoms with van der Waals surface area (Å²) >= 11 is 2.73. The molecule has 0 radical (unpaired) electrons. The third-order valence-corrected chi connectivity index (χ3v) is 7.01. The van der Waals surface area contributed by atoms with Crippen molar-refractivity contribution in [1.82, 2.24) is 4.57 Å². The van der Waals surface area contributed by atoms with Gasteiger partial charge in [-0.2, -0.15) is 0 Å². The average Bonchev–Trinajstić information content (AvgIpc) is 3.45. The molecule has 0 bridgehead atoms. The van der Waals surface area contributed by atoms with Gasteiger partial charge in [0.15, 0.2) is 16.3 Å². The highest BCUT2D eigenvalue weighted by Gasteiger charge is 2.34. The van der Waals surface area contributed by atoms with Crippen LogP contribution in [-0.2, 0) is 9.53 Å². The fourth-order valence-electron chi connectivity index (χ4n) is 3.68. The predicted molar refractivity (Wildman–Crippen MR) is 129 cm³/mol. The van der Waals surface area contributed by atoms with Crippen molar-refractivity contribution in [3.8, 4) is 11.5 Å². The molecule has 4 rings (SSSR count). The fraction of sp³-hybridized carbons (Fsp3) is 0.208. The van der Waals surface area contributed by atoms with E-state index in [4.69, 9.17) is 14.2 Å². The number of carbonyl (C=O) groups is 1. The molecule has 1 aromatic carbocycles. The molecule has 7 nitrogen and oxygen atoms in total. The summed E-state index contributed by atoms with van der Waals surface area (Å²) < 4.78 is 18.2. The Bertz CT molecular complexity index is 1410. The van der Waals surface area contributed by atoms with Crippen molar-refractivity contribution < 1.29 is 19.0 Å². The molecule has 0 aliphatic carbocycles. The molecule has 1 atom stereocenters. The van der Waals surface area contributed by atoms with Gasteiger partial charge in [0.2, 0.25) is 0 Å². The number of thiazole rings is 1. The number of thiophene rings is 1. The lowest BCUT2D eigenvalue weighted by Gasteiger charge is -2.23. The maximum absolute atomic E-state index is 13.6. The Kier molecular flexibility index (Phi) is 6.62. The molecule has 1 unspecified atom stereocenters. The Morgan fingerprint density at radius 2 is 2.06 bits per heavy atom. The van der Waals surface area contributed by atoms with Crippen LogP contribution >= 0.6 is 22.7 Å². The molecule has 0 saturated heterocycles. The molecular weight excluding hydrogens is 460 g/mol. The number of rotatable bonds is 7. The molecule has 1 aliphatic rings. The van der Waals surface area contributed by atoms with E-state index in [1.54, 1.807) is 37.9 Å². The van der Waals surface area contributed by atoms with Crippen molar-refractivity contribution in [3.63, 3.8) is 0 Å². The molecule has 0 spiro atoms. The average molecular weight is 483 g/mol. The third kappa shape index (κ3) is 4.17. The van der Waals surface area contributed by atoms with Gasteiger partial charge < -0.3 is 14.2 Å². The van der Waals surface area contributed by atoms with E-state index in [-0.39, 0.29) is 12.2 Å². The van der Waals surface area contributed by atoms with E-state index in [1.165, 1.54) is 28.7 Å². The zero-order valence-electron chi connectivity index (χ0n) is 18.4. The van der Waals surface area contributed by atoms with Gasteiger partial charge in [-0.3, -0.25) is 9.36 Å². The number of hydrogen-bond acceptors (Lipinski definition) is 8. The highest BCUT2D eigenvalue weighted by molar-refractivity contribution is 7.10. The number of esters is 1. The normalized spacial score (nSPS) is 15.6. The van der Waals surface area contributed by atoms with Crippen LogP contribution in [0.3, 0.4) is 0 Å². The van der Waals surface area contributed by atoms with Crippen LogP contribution in [0.2, 0.25) is 0 Å². The first-order chi connectivity index (χ1) is 16.0. The number of carbonyl (C=O) groups excluding carboxylic acids is 1. The Morgan fingerprint density at radius 3 is 2.73 bits per heavy atom. The number of fused-ring (bicyclic) bond motifs is 1. The number of ether oxygens (including phenoxy) is 3. The Balaban J connectivity index is 1.92. The number of methoxy groups -OCH3 is 2. The van der Waals surface area contributed by atoms with E-state index >= 15 is 0 Å². The highest BCUT2D eigenvalue weighted by Crippen LogP contribution is 2.33. The Labute approximate surface area is 198 Å². The van der Waals surface area contributed by atoms with Crippen LogP contribution in [-0.4, -0.2) is 31.4 Å². The number of benzene rings is 1. The van der Waals surface area contributed by atoms with Gasteiger partial charge >= 0.3 is 5.97 Å². The van der Waals surface area contributed by atoms with Crippen molar-refractivity contribution in [3.05, 3.63) is 89.8 Å². The van der Waals surface area contributed by atoms with Crippen LogP contribution < -0.4 is 24.4 Å². The summed E-state index contributed by atoms with van der Waals surface area (Å²) in [6, 6.07) is 8.64. The number of hydrogen-bond donors (Lipinski definition) is 0. The summed E-state index contributed by atoms with van der Waals surface area (Å²) in [4.78, 5) is 32.4. The zero-order chi connectivity index (χ0) is 23.5. The molecule has 3 aromatic rings. The first-order valence-corrected chi connectivity index (χ1v) is 11.7. The minimum absolute atomic E-state index is 0.0762. The van der Waals surface area contributed by atoms with E-state index in [1.807, 2.05) is 29.6 Å². The second-order valence-electron chi connectivity index (χ2n) is 7.07. The first-order valence-electron chi connectivity index (χ1n) is 10.0. The molecule has 3 heterocycles. The van der Waals surface area contributed by atoms with Crippen molar-refractivity contribution in [2.45, 2.75) is 13.0 Å². The molecular formula is C24H22N2O5S2. The summed E-state index contributed by atoms with van der Waals surface area (Å²) in [5.74, 6) is 0.586. The lowest BCUT2D eigenvalue weighted by molar-refractivity contribution is -0.138. The zero-order valence-corrected chi connectivity index (χ0v) is 20.0. The summed E-state index contributed by atoms with van der Waals surface area (Å²) in [7, 11) is 3.12. The number of aromatic nitrogens is 1. The van der Waals surface area contributed by atoms with Gasteiger partial charge in [-0.25, -0.2) is 9.79 Å². The van der Waals surface area contributed by atoms with Crippen LogP contribution in [0, 0.1) is 0 Å². The van der Waals surface area contributed by atoms with Gasteiger partial charge in [0.05, 0.1) is 30.0 Å². The summed E-state index contributed by atoms with van der Waals surface area (Å²) in [5, 5.41) is 1.91. The van der Waals surface area contributed by atoms with Gasteiger partial charge in [-0.1, -0.05) is 42.2 Å². The quantitative estimate of drug-likeness (QED) is 0.382. The van der Waals surface area contributed by atoms with Crippen LogP contribution in [0.5, 0.6) is 11.5 Å². The summed E-state index contributed by atoms with van der Waals surface area (Å²) in [6.45, 7) is 5.43. The summed E-state index contributed by atoms with van der Waals surface area (Å²) in [6.07, 6.45) is 3.26. The van der Waals surface area contributed by atoms with Crippen molar-refractivity contribution in [2.24, 2.45) is 4.99 Å². The maximum atomic E-state index is 13.6. The maximum Gasteiger partial charge on any atom is 0.338 e. The van der Waals surface area contributed by atoms with E-state index in [0.29, 0.717) is 37.7 Å². The number of nitrogens with zero attached hydrogens (tertiary/aromatic N) is 2. The lowest BCUT2D eigenvalue weighted by atomic mass is 10.0. The molecule has 0 amide bonds. The largest absolute Gasteiger partial charge is 0.493 e. The Hall–Kier alpha value is -3.43. The van der Waals surface area contributed by atoms with Crippen molar-refractivity contribution >= 4 is 34.7 Å². The second kappa shape index (κ2) is 9.60. The van der Waals surface area contributed by atoms with E-state index in [9.17, 15) is 9.59 Å². The monoisotopic (exact) mass is 482 g/mol. The number of para-hydroxylation sites is 1. The minimum Gasteiger partial charge on any atom is -0.493 e. The summed E-state index contributed by atoms with van der Waals surface area (Å²) in [5.41, 5.74) is 1.33. The molecule has 9 heteroatoms. The van der Waals surface area contributed by atoms with Gasteiger partial charge in [0.1, 0.15) is 12.6 Å². The molecule has 0 saturated carbocycles. The molecule has 170 valence electrons. The first kappa shape index (κ1) is 22.8. The van der Waals surface area contributed by atoms with E-state index in [0.717, 1.165) is 4.88 Å². The fourth-order valence-corrected chi connectivity index (χ4v) is 5.54. The third-order valence-electron chi connectivity index (χ3n) is 5.11. The lowest BCUT2D eigenvalue weighted by Crippen LogP contribution is -2.39. The SMILES string of the molecule is C=CCOC(=O)C1=C(C)N=c2sc(=Cc3cccc(OC)c3OC)c(=O)n2C1c1cccs1. The van der Waals surface area contributed by atoms with Crippen molar-refractivity contribution in [1.29, 1.82) is 0 Å². The van der Waals surface area contributed by atoms with Crippen LogP contribution in [0.4, 0.5) is 0 Å². The molecule has 0 N–H and O–H groups in total. The standard InChI is InChI=1S/C24H22N2O5S2/c1-5-11-31-23(28)19-14(2)25-24-26(20(19)17-10-7-12-32-17)22(27)18(33-24)13-15-8-6-9-16(29-3)21(15)30-4/h5-10,12-13,20H,1,11H2,2-4H3. The van der Waals surface area contributed by atoms with E-state index in [2.05, 4.69) is 11.6 Å². The van der Waals surface area contributed by atoms with Gasteiger partial charge in [-0.05, 0) is 30.5 Å². The molecule has 0 fully saturated rings. The van der Waals surface area contributed by atoms with Crippen LogP contribution in [0.15, 0.2) is 69.4 Å². The van der Waals surface area contributed by atoms with Crippen LogP contribution in [0.1, 0.15) is 23.4 Å². The molecule has 2 aromatic heterocycles. The topological polar surface area (TPSA) is 79.1 Å². The van der Waals surface area contributed by atoms with Gasteiger partial charge in [0.25, 0.3) is 5.56 Å².